The first-order chi connectivity index (χ1) is 10.7. The molecule has 2 amide bonds. The van der Waals surface area contributed by atoms with E-state index in [1.165, 1.54) is 4.90 Å². The molecule has 1 saturated heterocycles. The summed E-state index contributed by atoms with van der Waals surface area (Å²) in [6.07, 6.45) is 4.61. The summed E-state index contributed by atoms with van der Waals surface area (Å²) in [6, 6.07) is -0.785. The first-order valence-electron chi connectivity index (χ1n) is 7.64. The van der Waals surface area contributed by atoms with Gasteiger partial charge in [-0.2, -0.15) is 0 Å². The third kappa shape index (κ3) is 4.37. The second-order valence-electron chi connectivity index (χ2n) is 6.72. The van der Waals surface area contributed by atoms with Crippen molar-refractivity contribution in [1.29, 1.82) is 0 Å². The quantitative estimate of drug-likeness (QED) is 0.754. The molecular formula is C17H24N2O4. The lowest BCUT2D eigenvalue weighted by Gasteiger charge is -2.23. The summed E-state index contributed by atoms with van der Waals surface area (Å²) in [4.78, 5) is 26.0. The molecule has 0 saturated carbocycles. The van der Waals surface area contributed by atoms with Crippen LogP contribution in [0.2, 0.25) is 0 Å². The molecule has 1 aliphatic carbocycles. The number of hydrogen-bond donors (Lipinski definition) is 1. The van der Waals surface area contributed by atoms with E-state index in [2.05, 4.69) is 11.9 Å². The fourth-order valence-corrected chi connectivity index (χ4v) is 2.35. The van der Waals surface area contributed by atoms with Gasteiger partial charge in [0.05, 0.1) is 5.70 Å². The zero-order valence-corrected chi connectivity index (χ0v) is 14.1. The van der Waals surface area contributed by atoms with Crippen LogP contribution in [0, 0.1) is 0 Å². The average molecular weight is 320 g/mol. The van der Waals surface area contributed by atoms with Crippen molar-refractivity contribution in [3.63, 3.8) is 0 Å². The number of carbonyl (C=O) groups excluding carboxylic acids is 2. The van der Waals surface area contributed by atoms with Gasteiger partial charge in [0.1, 0.15) is 24.0 Å². The average Bonchev–Trinajstić information content (AvgIpc) is 2.67. The first kappa shape index (κ1) is 17.1. The molecule has 0 aromatic heterocycles. The van der Waals surface area contributed by atoms with Crippen LogP contribution < -0.4 is 5.32 Å². The normalized spacial score (nSPS) is 22.1. The van der Waals surface area contributed by atoms with Gasteiger partial charge in [0, 0.05) is 7.05 Å². The molecule has 1 atom stereocenters. The van der Waals surface area contributed by atoms with Gasteiger partial charge in [-0.05, 0) is 39.7 Å². The van der Waals surface area contributed by atoms with Gasteiger partial charge in [-0.25, -0.2) is 4.79 Å². The second-order valence-corrected chi connectivity index (χ2v) is 6.72. The highest BCUT2D eigenvalue weighted by molar-refractivity contribution is 5.88. The zero-order valence-electron chi connectivity index (χ0n) is 14.1. The van der Waals surface area contributed by atoms with Gasteiger partial charge in [0.25, 0.3) is 5.91 Å². The van der Waals surface area contributed by atoms with Crippen LogP contribution in [0.4, 0.5) is 4.79 Å². The van der Waals surface area contributed by atoms with Crippen molar-refractivity contribution in [2.45, 2.75) is 45.3 Å². The number of ether oxygens (including phenoxy) is 2. The molecule has 6 nitrogen and oxygen atoms in total. The Morgan fingerprint density at radius 1 is 1.39 bits per heavy atom. The van der Waals surface area contributed by atoms with E-state index >= 15 is 0 Å². The van der Waals surface area contributed by atoms with Gasteiger partial charge in [0.15, 0.2) is 0 Å². The second kappa shape index (κ2) is 6.48. The number of hydrogen-bond acceptors (Lipinski definition) is 4. The predicted octanol–water partition coefficient (Wildman–Crippen LogP) is 2.49. The molecule has 1 N–H and O–H groups in total. The van der Waals surface area contributed by atoms with Crippen LogP contribution in [-0.4, -0.2) is 42.2 Å². The summed E-state index contributed by atoms with van der Waals surface area (Å²) < 4.78 is 10.9. The molecular weight excluding hydrogens is 296 g/mol. The van der Waals surface area contributed by atoms with Gasteiger partial charge in [-0.15, -0.1) is 0 Å². The molecule has 0 aromatic rings. The SMILES string of the molecule is C=C1CC=C2OC[C@H](NC(=O)OC(C)(C)C)C(=O)N(C)C2=CC1. The van der Waals surface area contributed by atoms with E-state index in [9.17, 15) is 9.59 Å². The number of rotatable bonds is 1. The van der Waals surface area contributed by atoms with Crippen molar-refractivity contribution in [3.8, 4) is 0 Å². The van der Waals surface area contributed by atoms with Gasteiger partial charge in [0.2, 0.25) is 0 Å². The number of likely N-dealkylation sites (N-methyl/N-ethyl adjacent to an activating group) is 1. The van der Waals surface area contributed by atoms with E-state index in [1.807, 2.05) is 12.2 Å². The Bertz CT molecular complexity index is 584. The van der Waals surface area contributed by atoms with Crippen LogP contribution in [0.1, 0.15) is 33.6 Å². The highest BCUT2D eigenvalue weighted by Crippen LogP contribution is 2.27. The summed E-state index contributed by atoms with van der Waals surface area (Å²) >= 11 is 0. The summed E-state index contributed by atoms with van der Waals surface area (Å²) in [6.45, 7) is 9.34. The van der Waals surface area contributed by atoms with Crippen molar-refractivity contribution in [2.24, 2.45) is 0 Å². The Kier molecular flexibility index (Phi) is 4.82. The van der Waals surface area contributed by atoms with Crippen LogP contribution in [0.3, 0.4) is 0 Å². The third-order valence-electron chi connectivity index (χ3n) is 3.50. The van der Waals surface area contributed by atoms with Crippen LogP contribution >= 0.6 is 0 Å². The molecule has 0 spiro atoms. The Labute approximate surface area is 136 Å². The third-order valence-corrected chi connectivity index (χ3v) is 3.50. The topological polar surface area (TPSA) is 67.9 Å². The first-order valence-corrected chi connectivity index (χ1v) is 7.64. The van der Waals surface area contributed by atoms with Gasteiger partial charge < -0.3 is 19.7 Å². The molecule has 0 bridgehead atoms. The lowest BCUT2D eigenvalue weighted by molar-refractivity contribution is -0.130. The summed E-state index contributed by atoms with van der Waals surface area (Å²) in [5, 5.41) is 2.58. The number of nitrogens with one attached hydrogen (secondary N) is 1. The molecule has 0 unspecified atom stereocenters. The van der Waals surface area contributed by atoms with Gasteiger partial charge in [-0.1, -0.05) is 18.2 Å². The maximum absolute atomic E-state index is 12.6. The van der Waals surface area contributed by atoms with Crippen LogP contribution in [0.25, 0.3) is 0 Å². The molecule has 2 rings (SSSR count). The Hall–Kier alpha value is -2.24. The highest BCUT2D eigenvalue weighted by Gasteiger charge is 2.33. The molecule has 1 heterocycles. The van der Waals surface area contributed by atoms with E-state index < -0.39 is 17.7 Å². The summed E-state index contributed by atoms with van der Waals surface area (Å²) in [5.41, 5.74) is 1.15. The number of allylic oxidation sites excluding steroid dienone is 3. The molecule has 23 heavy (non-hydrogen) atoms. The molecule has 0 radical (unpaired) electrons. The lowest BCUT2D eigenvalue weighted by atomic mass is 10.1. The van der Waals surface area contributed by atoms with Crippen LogP contribution in [0.5, 0.6) is 0 Å². The smallest absolute Gasteiger partial charge is 0.408 e. The maximum Gasteiger partial charge on any atom is 0.408 e. The number of fused-ring (bicyclic) bond motifs is 1. The fraction of sp³-hybridized carbons (Fsp3) is 0.529. The van der Waals surface area contributed by atoms with E-state index in [1.54, 1.807) is 27.8 Å². The van der Waals surface area contributed by atoms with Crippen LogP contribution in [0.15, 0.2) is 35.8 Å². The summed E-state index contributed by atoms with van der Waals surface area (Å²) in [7, 11) is 1.68. The number of amides is 2. The molecule has 126 valence electrons. The van der Waals surface area contributed by atoms with Crippen molar-refractivity contribution in [2.75, 3.05) is 13.7 Å². The predicted molar refractivity (Wildman–Crippen MR) is 86.4 cm³/mol. The van der Waals surface area contributed by atoms with E-state index in [4.69, 9.17) is 9.47 Å². The molecule has 1 aliphatic heterocycles. The summed E-state index contributed by atoms with van der Waals surface area (Å²) in [5.74, 6) is 0.408. The van der Waals surface area contributed by atoms with Crippen molar-refractivity contribution >= 4 is 12.0 Å². The van der Waals surface area contributed by atoms with E-state index in [0.29, 0.717) is 24.3 Å². The van der Waals surface area contributed by atoms with Crippen molar-refractivity contribution in [3.05, 3.63) is 35.8 Å². The maximum atomic E-state index is 12.6. The van der Waals surface area contributed by atoms with Crippen molar-refractivity contribution < 1.29 is 19.1 Å². The number of nitrogens with zero attached hydrogens (tertiary/aromatic N) is 1. The minimum atomic E-state index is -0.785. The van der Waals surface area contributed by atoms with E-state index in [-0.39, 0.29) is 12.5 Å². The highest BCUT2D eigenvalue weighted by atomic mass is 16.6. The molecule has 0 aromatic carbocycles. The number of carbonyl (C=O) groups is 2. The standard InChI is InChI=1S/C17H24N2O4/c1-11-6-8-13-14(9-7-11)22-10-12(15(20)19(13)5)18-16(21)23-17(2,3)4/h8-9,12H,1,6-7,10H2,2-5H3,(H,18,21)/t12-/m0/s1. The molecule has 6 heteroatoms. The van der Waals surface area contributed by atoms with Crippen molar-refractivity contribution in [1.82, 2.24) is 10.2 Å². The van der Waals surface area contributed by atoms with E-state index in [0.717, 1.165) is 5.57 Å². The zero-order chi connectivity index (χ0) is 17.2. The minimum absolute atomic E-state index is 0.0675. The fourth-order valence-electron chi connectivity index (χ4n) is 2.35. The minimum Gasteiger partial charge on any atom is -0.489 e. The number of alkyl carbamates (subject to hydrolysis) is 1. The Balaban J connectivity index is 2.14. The van der Waals surface area contributed by atoms with Gasteiger partial charge >= 0.3 is 6.09 Å². The Morgan fingerprint density at radius 3 is 2.70 bits per heavy atom. The Morgan fingerprint density at radius 2 is 2.04 bits per heavy atom. The van der Waals surface area contributed by atoms with Crippen LogP contribution in [-0.2, 0) is 14.3 Å². The monoisotopic (exact) mass is 320 g/mol. The molecule has 1 fully saturated rings. The van der Waals surface area contributed by atoms with Gasteiger partial charge in [-0.3, -0.25) is 4.79 Å². The largest absolute Gasteiger partial charge is 0.489 e. The molecule has 2 aliphatic rings. The lowest BCUT2D eigenvalue weighted by Crippen LogP contribution is -2.49.